The van der Waals surface area contributed by atoms with E-state index in [1.165, 1.54) is 21.8 Å². The van der Waals surface area contributed by atoms with Gasteiger partial charge in [0.2, 0.25) is 10.4 Å². The van der Waals surface area contributed by atoms with Crippen molar-refractivity contribution < 1.29 is 21.7 Å². The third-order valence-corrected chi connectivity index (χ3v) is 5.87. The first-order valence-corrected chi connectivity index (χ1v) is 11.8. The average Bonchev–Trinajstić information content (AvgIpc) is 3.15. The Morgan fingerprint density at radius 3 is 2.44 bits per heavy atom. The van der Waals surface area contributed by atoms with E-state index in [1.807, 2.05) is 18.1 Å². The normalized spacial score (nSPS) is 11.7. The van der Waals surface area contributed by atoms with Crippen LogP contribution in [0.25, 0.3) is 21.8 Å². The Bertz CT molecular complexity index is 1520. The predicted octanol–water partition coefficient (Wildman–Crippen LogP) is 1.90. The van der Waals surface area contributed by atoms with Crippen LogP contribution in [-0.4, -0.2) is 42.5 Å². The number of hydrogen-bond donors (Lipinski definition) is 0. The van der Waals surface area contributed by atoms with Crippen molar-refractivity contribution in [2.75, 3.05) is 19.2 Å². The van der Waals surface area contributed by atoms with Gasteiger partial charge in [-0.3, -0.25) is 9.19 Å². The van der Waals surface area contributed by atoms with Gasteiger partial charge < -0.3 is 9.12 Å². The molecule has 0 amide bonds. The molecule has 0 radical (unpaired) electrons. The Balaban J connectivity index is 0.000000481. The SMILES string of the molecule is CCn1c2ccccc2c2cc(N(C)N=Cc3cc[n+](C)c(=O)n3C)ccc21.COS(=O)(=O)[O-]. The summed E-state index contributed by atoms with van der Waals surface area (Å²) in [5.41, 5.74) is 4.13. The lowest BCUT2D eigenvalue weighted by Gasteiger charge is -2.13. The summed E-state index contributed by atoms with van der Waals surface area (Å²) in [5, 5.41) is 8.84. The molecule has 0 saturated carbocycles. The zero-order valence-corrected chi connectivity index (χ0v) is 20.5. The molecule has 0 unspecified atom stereocenters. The molecule has 0 spiro atoms. The van der Waals surface area contributed by atoms with Gasteiger partial charge in [-0.15, -0.1) is 0 Å². The van der Waals surface area contributed by atoms with Gasteiger partial charge in [0.05, 0.1) is 39.3 Å². The van der Waals surface area contributed by atoms with Crippen LogP contribution in [0.5, 0.6) is 0 Å². The van der Waals surface area contributed by atoms with Gasteiger partial charge in [0.15, 0.2) is 5.69 Å². The molecule has 2 heterocycles. The van der Waals surface area contributed by atoms with E-state index in [4.69, 9.17) is 0 Å². The second kappa shape index (κ2) is 10.2. The molecule has 4 rings (SSSR count). The van der Waals surface area contributed by atoms with Gasteiger partial charge in [-0.25, -0.2) is 13.0 Å². The zero-order valence-electron chi connectivity index (χ0n) is 19.7. The minimum Gasteiger partial charge on any atom is -0.726 e. The fraction of sp³-hybridized carbons (Fsp3) is 0.261. The molecule has 0 fully saturated rings. The topological polar surface area (TPSA) is 113 Å². The maximum atomic E-state index is 12.1. The van der Waals surface area contributed by atoms with Crippen LogP contribution in [0.4, 0.5) is 5.69 Å². The molecule has 0 aliphatic carbocycles. The van der Waals surface area contributed by atoms with Crippen LogP contribution in [-0.2, 0) is 35.2 Å². The van der Waals surface area contributed by atoms with Gasteiger partial charge in [-0.2, -0.15) is 14.5 Å². The quantitative estimate of drug-likeness (QED) is 0.140. The molecular weight excluding hydrogens is 458 g/mol. The summed E-state index contributed by atoms with van der Waals surface area (Å²) in [6, 6.07) is 16.8. The van der Waals surface area contributed by atoms with Crippen molar-refractivity contribution in [1.82, 2.24) is 9.13 Å². The molecule has 2 aromatic carbocycles. The number of hydrazone groups is 1. The largest absolute Gasteiger partial charge is 0.726 e. The fourth-order valence-corrected chi connectivity index (χ4v) is 3.64. The van der Waals surface area contributed by atoms with Crippen molar-refractivity contribution in [1.29, 1.82) is 0 Å². The summed E-state index contributed by atoms with van der Waals surface area (Å²) in [6.45, 7) is 3.09. The van der Waals surface area contributed by atoms with Crippen LogP contribution in [0.15, 0.2) is 64.6 Å². The van der Waals surface area contributed by atoms with Crippen LogP contribution in [0, 0.1) is 0 Å². The summed E-state index contributed by atoms with van der Waals surface area (Å²) >= 11 is 0. The molecule has 0 aliphatic rings. The second-order valence-corrected chi connectivity index (χ2v) is 8.65. The van der Waals surface area contributed by atoms with Gasteiger partial charge in [-0.1, -0.05) is 18.2 Å². The van der Waals surface area contributed by atoms with E-state index >= 15 is 0 Å². The smallest absolute Gasteiger partial charge is 0.497 e. The highest BCUT2D eigenvalue weighted by atomic mass is 32.3. The molecule has 0 N–H and O–H groups in total. The number of nitrogens with zero attached hydrogens (tertiary/aromatic N) is 5. The number of hydrogen-bond acceptors (Lipinski definition) is 7. The van der Waals surface area contributed by atoms with E-state index in [1.54, 1.807) is 35.6 Å². The van der Waals surface area contributed by atoms with Crippen LogP contribution >= 0.6 is 0 Å². The minimum atomic E-state index is -4.41. The number of benzene rings is 2. The third kappa shape index (κ3) is 5.33. The van der Waals surface area contributed by atoms with Crippen LogP contribution in [0.2, 0.25) is 0 Å². The molecule has 180 valence electrons. The molecule has 2 aromatic heterocycles. The Hall–Kier alpha value is -3.54. The van der Waals surface area contributed by atoms with Crippen molar-refractivity contribution in [2.24, 2.45) is 19.2 Å². The van der Waals surface area contributed by atoms with Gasteiger partial charge in [0.25, 0.3) is 0 Å². The van der Waals surface area contributed by atoms with E-state index in [0.29, 0.717) is 0 Å². The number of aromatic nitrogens is 3. The lowest BCUT2D eigenvalue weighted by Crippen LogP contribution is -2.51. The van der Waals surface area contributed by atoms with Crippen molar-refractivity contribution in [3.63, 3.8) is 0 Å². The highest BCUT2D eigenvalue weighted by molar-refractivity contribution is 7.80. The Morgan fingerprint density at radius 1 is 1.15 bits per heavy atom. The van der Waals surface area contributed by atoms with E-state index in [9.17, 15) is 17.8 Å². The summed E-state index contributed by atoms with van der Waals surface area (Å²) < 4.78 is 36.5. The van der Waals surface area contributed by atoms with Gasteiger partial charge in [0.1, 0.15) is 0 Å². The highest BCUT2D eigenvalue weighted by Crippen LogP contribution is 2.31. The number of aryl methyl sites for hydroxylation is 2. The monoisotopic (exact) mass is 485 g/mol. The lowest BCUT2D eigenvalue weighted by molar-refractivity contribution is -0.690. The van der Waals surface area contributed by atoms with Crippen molar-refractivity contribution in [2.45, 2.75) is 13.5 Å². The highest BCUT2D eigenvalue weighted by Gasteiger charge is 2.12. The number of anilines is 1. The maximum Gasteiger partial charge on any atom is 0.497 e. The molecule has 10 nitrogen and oxygen atoms in total. The minimum absolute atomic E-state index is 0.0830. The number of rotatable bonds is 5. The first-order valence-electron chi connectivity index (χ1n) is 10.4. The summed E-state index contributed by atoms with van der Waals surface area (Å²) in [7, 11) is 1.79. The average molecular weight is 486 g/mol. The number of fused-ring (bicyclic) bond motifs is 3. The molecule has 11 heteroatoms. The lowest BCUT2D eigenvalue weighted by atomic mass is 10.1. The standard InChI is InChI=1S/C22H24N5O.CH4O4S/c1-5-27-20-9-7-6-8-18(20)19-14-16(10-11-21(19)27)26(4)23-15-17-12-13-24(2)22(28)25(17)3;1-5-6(2,3)4/h6-15H,5H2,1-4H3;1H3,(H,2,3,4)/q+1;/p-1. The third-order valence-electron chi connectivity index (χ3n) is 5.46. The van der Waals surface area contributed by atoms with Crippen LogP contribution in [0.1, 0.15) is 12.6 Å². The van der Waals surface area contributed by atoms with E-state index in [0.717, 1.165) is 25.0 Å². The summed E-state index contributed by atoms with van der Waals surface area (Å²) in [4.78, 5) is 12.1. The molecular formula is C23H27N5O5S. The van der Waals surface area contributed by atoms with Crippen molar-refractivity contribution in [3.8, 4) is 0 Å². The molecule has 0 bridgehead atoms. The van der Waals surface area contributed by atoms with E-state index in [2.05, 4.69) is 63.2 Å². The van der Waals surface area contributed by atoms with Crippen LogP contribution < -0.4 is 15.3 Å². The summed E-state index contributed by atoms with van der Waals surface area (Å²) in [5.74, 6) is 0. The first-order chi connectivity index (χ1) is 16.1. The van der Waals surface area contributed by atoms with Crippen molar-refractivity contribution >= 4 is 44.1 Å². The first kappa shape index (κ1) is 25.1. The van der Waals surface area contributed by atoms with E-state index in [-0.39, 0.29) is 5.69 Å². The summed E-state index contributed by atoms with van der Waals surface area (Å²) in [6.07, 6.45) is 3.45. The Kier molecular flexibility index (Phi) is 7.50. The number of para-hydroxylation sites is 1. The molecule has 34 heavy (non-hydrogen) atoms. The van der Waals surface area contributed by atoms with Gasteiger partial charge in [0, 0.05) is 41.5 Å². The van der Waals surface area contributed by atoms with Crippen LogP contribution in [0.3, 0.4) is 0 Å². The van der Waals surface area contributed by atoms with Gasteiger partial charge in [-0.05, 0) is 31.2 Å². The van der Waals surface area contributed by atoms with E-state index < -0.39 is 10.4 Å². The maximum absolute atomic E-state index is 12.1. The van der Waals surface area contributed by atoms with Crippen molar-refractivity contribution in [3.05, 3.63) is 70.9 Å². The zero-order chi connectivity index (χ0) is 25.0. The molecule has 0 saturated heterocycles. The Labute approximate surface area is 197 Å². The fourth-order valence-electron chi connectivity index (χ4n) is 3.64. The molecule has 0 aliphatic heterocycles. The predicted molar refractivity (Wildman–Crippen MR) is 131 cm³/mol. The molecule has 0 atom stereocenters. The Morgan fingerprint density at radius 2 is 1.79 bits per heavy atom. The second-order valence-electron chi connectivity index (χ2n) is 7.50. The van der Waals surface area contributed by atoms with Gasteiger partial charge >= 0.3 is 5.69 Å². The molecule has 4 aromatic rings.